The number of nitrogens with one attached hydrogen (secondary N) is 1. The molecule has 2 aliphatic rings. The van der Waals surface area contributed by atoms with Crippen molar-refractivity contribution < 1.29 is 19.1 Å². The van der Waals surface area contributed by atoms with Crippen LogP contribution in [-0.4, -0.2) is 72.1 Å². The van der Waals surface area contributed by atoms with Crippen molar-refractivity contribution in [2.75, 3.05) is 32.7 Å². The van der Waals surface area contributed by atoms with Crippen molar-refractivity contribution in [3.05, 3.63) is 0 Å². The lowest BCUT2D eigenvalue weighted by molar-refractivity contribution is -0.150. The molecule has 8 heteroatoms. The number of piperidine rings is 1. The second kappa shape index (κ2) is 9.78. The third kappa shape index (κ3) is 6.87. The van der Waals surface area contributed by atoms with Crippen molar-refractivity contribution in [1.82, 2.24) is 15.1 Å². The van der Waals surface area contributed by atoms with E-state index in [1.807, 2.05) is 37.5 Å². The zero-order valence-electron chi connectivity index (χ0n) is 18.5. The Kier molecular flexibility index (Phi) is 7.91. The first kappa shape index (κ1) is 23.4. The number of likely N-dealkylation sites (tertiary alicyclic amines) is 2. The number of carbonyl (C=O) groups is 3. The van der Waals surface area contributed by atoms with Gasteiger partial charge in [0.25, 0.3) is 0 Å². The molecule has 3 N–H and O–H groups in total. The van der Waals surface area contributed by atoms with Crippen LogP contribution < -0.4 is 11.1 Å². The summed E-state index contributed by atoms with van der Waals surface area (Å²) >= 11 is 0. The quantitative estimate of drug-likeness (QED) is 0.624. The molecule has 29 heavy (non-hydrogen) atoms. The third-order valence-corrected chi connectivity index (χ3v) is 5.77. The average Bonchev–Trinajstić information content (AvgIpc) is 2.63. The molecule has 2 heterocycles. The molecule has 0 aromatic carbocycles. The summed E-state index contributed by atoms with van der Waals surface area (Å²) in [6.45, 7) is 11.0. The molecule has 0 aromatic heterocycles. The Morgan fingerprint density at radius 3 is 2.28 bits per heavy atom. The first-order chi connectivity index (χ1) is 13.6. The van der Waals surface area contributed by atoms with Crippen LogP contribution >= 0.6 is 0 Å². The van der Waals surface area contributed by atoms with E-state index in [1.54, 1.807) is 0 Å². The molecule has 0 bridgehead atoms. The van der Waals surface area contributed by atoms with E-state index in [0.717, 1.165) is 51.9 Å². The first-order valence-electron chi connectivity index (χ1n) is 10.8. The second-order valence-corrected chi connectivity index (χ2v) is 9.46. The molecule has 1 atom stereocenters. The summed E-state index contributed by atoms with van der Waals surface area (Å²) in [7, 11) is 0. The summed E-state index contributed by atoms with van der Waals surface area (Å²) in [5.41, 5.74) is 5.81. The topological polar surface area (TPSA) is 105 Å². The van der Waals surface area contributed by atoms with Gasteiger partial charge in [-0.1, -0.05) is 6.92 Å². The number of rotatable bonds is 7. The normalized spacial score (nSPS) is 19.5. The number of alkyl carbamates (subject to hydrolysis) is 1. The highest BCUT2D eigenvalue weighted by atomic mass is 16.6. The van der Waals surface area contributed by atoms with Gasteiger partial charge in [-0.05, 0) is 52.9 Å². The van der Waals surface area contributed by atoms with E-state index in [1.165, 1.54) is 0 Å². The maximum absolute atomic E-state index is 12.6. The Labute approximate surface area is 174 Å². The molecule has 0 radical (unpaired) electrons. The fourth-order valence-corrected chi connectivity index (χ4v) is 4.03. The minimum Gasteiger partial charge on any atom is -0.444 e. The molecule has 0 aliphatic carbocycles. The Morgan fingerprint density at radius 1 is 1.10 bits per heavy atom. The van der Waals surface area contributed by atoms with Crippen LogP contribution in [0.4, 0.5) is 4.79 Å². The van der Waals surface area contributed by atoms with Crippen LogP contribution in [0.25, 0.3) is 0 Å². The number of unbranched alkanes of at least 4 members (excludes halogenated alkanes) is 1. The summed E-state index contributed by atoms with van der Waals surface area (Å²) in [6.07, 6.45) is 4.16. The number of ether oxygens (including phenoxy) is 1. The number of nitrogens with zero attached hydrogens (tertiary/aromatic N) is 2. The molecule has 2 fully saturated rings. The molecule has 0 unspecified atom stereocenters. The highest BCUT2D eigenvalue weighted by molar-refractivity contribution is 5.81. The molecule has 166 valence electrons. The molecule has 0 saturated carbocycles. The lowest BCUT2D eigenvalue weighted by Gasteiger charge is -2.54. The zero-order valence-corrected chi connectivity index (χ0v) is 18.5. The zero-order chi connectivity index (χ0) is 21.7. The molecule has 0 aromatic rings. The fraction of sp³-hybridized carbons (Fsp3) is 0.857. The van der Waals surface area contributed by atoms with Crippen molar-refractivity contribution in [2.45, 2.75) is 77.9 Å². The lowest BCUT2D eigenvalue weighted by Crippen LogP contribution is -2.62. The molecular weight excluding hydrogens is 372 g/mol. The third-order valence-electron chi connectivity index (χ3n) is 5.77. The maximum atomic E-state index is 12.6. The Bertz CT molecular complexity index is 586. The van der Waals surface area contributed by atoms with Gasteiger partial charge in [-0.15, -0.1) is 0 Å². The molecule has 8 nitrogen and oxygen atoms in total. The van der Waals surface area contributed by atoms with Gasteiger partial charge in [0, 0.05) is 44.6 Å². The molecule has 2 rings (SSSR count). The smallest absolute Gasteiger partial charge is 0.407 e. The van der Waals surface area contributed by atoms with Crippen molar-refractivity contribution in [3.63, 3.8) is 0 Å². The van der Waals surface area contributed by atoms with E-state index < -0.39 is 17.7 Å². The highest BCUT2D eigenvalue weighted by Crippen LogP contribution is 2.40. The average molecular weight is 411 g/mol. The predicted octanol–water partition coefficient (Wildman–Crippen LogP) is 1.87. The van der Waals surface area contributed by atoms with Crippen LogP contribution in [-0.2, 0) is 14.3 Å². The van der Waals surface area contributed by atoms with E-state index in [9.17, 15) is 14.4 Å². The van der Waals surface area contributed by atoms with E-state index in [-0.39, 0.29) is 17.2 Å². The molecule has 2 aliphatic heterocycles. The van der Waals surface area contributed by atoms with E-state index in [4.69, 9.17) is 10.5 Å². The fourth-order valence-electron chi connectivity index (χ4n) is 4.03. The Hall–Kier alpha value is -1.83. The summed E-state index contributed by atoms with van der Waals surface area (Å²) in [5.74, 6) is 0.234. The monoisotopic (exact) mass is 410 g/mol. The number of hydrogen-bond acceptors (Lipinski definition) is 5. The van der Waals surface area contributed by atoms with Crippen molar-refractivity contribution >= 4 is 17.9 Å². The van der Waals surface area contributed by atoms with Gasteiger partial charge in [-0.25, -0.2) is 4.79 Å². The van der Waals surface area contributed by atoms with Gasteiger partial charge in [0.1, 0.15) is 5.60 Å². The maximum Gasteiger partial charge on any atom is 0.407 e. The standard InChI is InChI=1S/C21H38N4O4/c1-5-17(26)25-14-21(15-25)9-12-24(13-10-21)18(27)16(22)8-6-7-11-23-19(28)29-20(2,3)4/h16H,5-15,22H2,1-4H3,(H,23,28)/t16-/m1/s1. The predicted molar refractivity (Wildman–Crippen MR) is 111 cm³/mol. The van der Waals surface area contributed by atoms with Crippen molar-refractivity contribution in [3.8, 4) is 0 Å². The van der Waals surface area contributed by atoms with Crippen LogP contribution in [0.3, 0.4) is 0 Å². The summed E-state index contributed by atoms with van der Waals surface area (Å²) < 4.78 is 5.18. The van der Waals surface area contributed by atoms with Crippen molar-refractivity contribution in [1.29, 1.82) is 0 Å². The molecule has 2 saturated heterocycles. The van der Waals surface area contributed by atoms with E-state index in [2.05, 4.69) is 5.32 Å². The van der Waals surface area contributed by atoms with Crippen LogP contribution in [0.2, 0.25) is 0 Å². The summed E-state index contributed by atoms with van der Waals surface area (Å²) in [6, 6.07) is -0.495. The van der Waals surface area contributed by atoms with Crippen LogP contribution in [0.5, 0.6) is 0 Å². The number of carbonyl (C=O) groups excluding carboxylic acids is 3. The summed E-state index contributed by atoms with van der Waals surface area (Å²) in [5, 5.41) is 2.72. The summed E-state index contributed by atoms with van der Waals surface area (Å²) in [4.78, 5) is 39.7. The van der Waals surface area contributed by atoms with Crippen LogP contribution in [0.1, 0.15) is 66.2 Å². The minimum atomic E-state index is -0.505. The number of nitrogens with two attached hydrogens (primary N) is 1. The minimum absolute atomic E-state index is 0.0146. The van der Waals surface area contributed by atoms with E-state index >= 15 is 0 Å². The lowest BCUT2D eigenvalue weighted by atomic mass is 9.72. The van der Waals surface area contributed by atoms with Gasteiger partial charge in [-0.2, -0.15) is 0 Å². The Morgan fingerprint density at radius 2 is 1.72 bits per heavy atom. The van der Waals surface area contributed by atoms with Gasteiger partial charge in [-0.3, -0.25) is 9.59 Å². The number of hydrogen-bond donors (Lipinski definition) is 2. The molecule has 1 spiro atoms. The van der Waals surface area contributed by atoms with Gasteiger partial charge in [0.2, 0.25) is 11.8 Å². The van der Waals surface area contributed by atoms with Gasteiger partial charge in [0.05, 0.1) is 6.04 Å². The molecule has 3 amide bonds. The van der Waals surface area contributed by atoms with Crippen LogP contribution in [0.15, 0.2) is 0 Å². The highest BCUT2D eigenvalue weighted by Gasteiger charge is 2.46. The largest absolute Gasteiger partial charge is 0.444 e. The van der Waals surface area contributed by atoms with E-state index in [0.29, 0.717) is 19.4 Å². The SMILES string of the molecule is CCC(=O)N1CC2(CCN(C(=O)[C@H](N)CCCCNC(=O)OC(C)(C)C)CC2)C1. The molecular formula is C21H38N4O4. The second-order valence-electron chi connectivity index (χ2n) is 9.46. The van der Waals surface area contributed by atoms with Gasteiger partial charge in [0.15, 0.2) is 0 Å². The van der Waals surface area contributed by atoms with Gasteiger partial charge < -0.3 is 25.6 Å². The van der Waals surface area contributed by atoms with Crippen molar-refractivity contribution in [2.24, 2.45) is 11.1 Å². The van der Waals surface area contributed by atoms with Gasteiger partial charge >= 0.3 is 6.09 Å². The number of amides is 3. The Balaban J connectivity index is 1.60. The van der Waals surface area contributed by atoms with Crippen LogP contribution in [0, 0.1) is 5.41 Å². The first-order valence-corrected chi connectivity index (χ1v) is 10.8.